The van der Waals surface area contributed by atoms with E-state index >= 15 is 0 Å². The van der Waals surface area contributed by atoms with Crippen LogP contribution < -0.4 is 0 Å². The molecule has 0 radical (unpaired) electrons. The van der Waals surface area contributed by atoms with E-state index in [1.54, 1.807) is 6.92 Å². The molecule has 0 saturated carbocycles. The fourth-order valence-electron chi connectivity index (χ4n) is 5.30. The summed E-state index contributed by atoms with van der Waals surface area (Å²) in [5.41, 5.74) is 2.78. The number of hydrogen-bond donors (Lipinski definition) is 1. The molecule has 2 aliphatic rings. The molecule has 3 rings (SSSR count). The zero-order valence-electron chi connectivity index (χ0n) is 21.7. The van der Waals surface area contributed by atoms with Gasteiger partial charge in [0.1, 0.15) is 5.75 Å². The molecule has 2 amide bonds. The van der Waals surface area contributed by atoms with E-state index in [1.807, 2.05) is 42.7 Å². The van der Waals surface area contributed by atoms with Crippen molar-refractivity contribution in [1.29, 1.82) is 0 Å². The highest BCUT2D eigenvalue weighted by Gasteiger charge is 2.31. The zero-order valence-corrected chi connectivity index (χ0v) is 21.7. The number of carbonyl (C=O) groups is 3. The molecular formula is C27H41N3O5. The lowest BCUT2D eigenvalue weighted by Crippen LogP contribution is -2.55. The number of aryl methyl sites for hydroxylation is 2. The smallest absolute Gasteiger partial charge is 0.306 e. The third kappa shape index (κ3) is 7.19. The summed E-state index contributed by atoms with van der Waals surface area (Å²) in [5.74, 6) is 0.130. The Bertz CT molecular complexity index is 879. The van der Waals surface area contributed by atoms with Gasteiger partial charge in [0, 0.05) is 57.6 Å². The summed E-state index contributed by atoms with van der Waals surface area (Å²) in [5, 5.41) is 10.00. The summed E-state index contributed by atoms with van der Waals surface area (Å²) in [4.78, 5) is 43.3. The van der Waals surface area contributed by atoms with E-state index in [2.05, 4.69) is 4.90 Å². The second-order valence-electron chi connectivity index (χ2n) is 9.96. The van der Waals surface area contributed by atoms with Crippen molar-refractivity contribution >= 4 is 17.8 Å². The van der Waals surface area contributed by atoms with Crippen molar-refractivity contribution in [1.82, 2.24) is 14.7 Å². The number of aromatic hydroxyl groups is 1. The van der Waals surface area contributed by atoms with Gasteiger partial charge in [0.15, 0.2) is 0 Å². The molecule has 2 heterocycles. The molecule has 1 atom stereocenters. The molecule has 0 aliphatic carbocycles. The second kappa shape index (κ2) is 12.4. The summed E-state index contributed by atoms with van der Waals surface area (Å²) < 4.78 is 4.91. The molecule has 1 N–H and O–H groups in total. The van der Waals surface area contributed by atoms with Crippen molar-refractivity contribution in [2.24, 2.45) is 5.92 Å². The Morgan fingerprint density at radius 1 is 0.971 bits per heavy atom. The van der Waals surface area contributed by atoms with Crippen LogP contribution in [0.4, 0.5) is 0 Å². The number of phenolic OH excluding ortho intramolecular Hbond substituents is 1. The molecule has 2 saturated heterocycles. The van der Waals surface area contributed by atoms with Crippen molar-refractivity contribution < 1.29 is 24.2 Å². The number of rotatable bonds is 8. The molecule has 0 spiro atoms. The van der Waals surface area contributed by atoms with Gasteiger partial charge in [-0.15, -0.1) is 0 Å². The summed E-state index contributed by atoms with van der Waals surface area (Å²) in [6, 6.07) is 4.37. The molecule has 1 aromatic rings. The van der Waals surface area contributed by atoms with Crippen LogP contribution in [0.1, 0.15) is 56.2 Å². The molecule has 0 bridgehead atoms. The van der Waals surface area contributed by atoms with E-state index in [4.69, 9.17) is 4.74 Å². The highest BCUT2D eigenvalue weighted by molar-refractivity contribution is 5.81. The van der Waals surface area contributed by atoms with Crippen LogP contribution in [-0.4, -0.2) is 89.5 Å². The van der Waals surface area contributed by atoms with Crippen LogP contribution >= 0.6 is 0 Å². The Hall–Kier alpha value is -2.61. The molecule has 2 aliphatic heterocycles. The summed E-state index contributed by atoms with van der Waals surface area (Å²) in [6.07, 6.45) is 2.88. The van der Waals surface area contributed by atoms with E-state index in [0.29, 0.717) is 37.9 Å². The minimum atomic E-state index is -0.314. The number of amides is 2. The molecule has 8 heteroatoms. The lowest BCUT2D eigenvalue weighted by Gasteiger charge is -2.43. The SMILES string of the molecule is CCOC(=O)CCC(=O)N1CCC(N2CCN(C(=O)[C@H](C)Cc3cc(C)c(O)c(C)c3)CC2)CC1. The number of piperidine rings is 1. The van der Waals surface area contributed by atoms with Gasteiger partial charge in [0.05, 0.1) is 13.0 Å². The fourth-order valence-corrected chi connectivity index (χ4v) is 5.30. The van der Waals surface area contributed by atoms with Gasteiger partial charge in [0.25, 0.3) is 0 Å². The normalized spacial score (nSPS) is 18.4. The molecule has 0 aromatic heterocycles. The first-order valence-electron chi connectivity index (χ1n) is 12.9. The largest absolute Gasteiger partial charge is 0.507 e. The number of likely N-dealkylation sites (tertiary alicyclic amines) is 1. The minimum absolute atomic E-state index is 0.0277. The van der Waals surface area contributed by atoms with Crippen LogP contribution in [-0.2, 0) is 25.5 Å². The van der Waals surface area contributed by atoms with Crippen molar-refractivity contribution in [3.8, 4) is 5.75 Å². The molecule has 2 fully saturated rings. The molecule has 8 nitrogen and oxygen atoms in total. The van der Waals surface area contributed by atoms with Crippen molar-refractivity contribution in [3.05, 3.63) is 28.8 Å². The highest BCUT2D eigenvalue weighted by Crippen LogP contribution is 2.25. The number of piperazine rings is 1. The first kappa shape index (κ1) is 27.0. The Balaban J connectivity index is 1.41. The van der Waals surface area contributed by atoms with Crippen LogP contribution in [0.15, 0.2) is 12.1 Å². The van der Waals surface area contributed by atoms with E-state index in [1.165, 1.54) is 0 Å². The number of carbonyl (C=O) groups excluding carboxylic acids is 3. The number of benzene rings is 1. The summed E-state index contributed by atoms with van der Waals surface area (Å²) >= 11 is 0. The number of ether oxygens (including phenoxy) is 1. The second-order valence-corrected chi connectivity index (χ2v) is 9.96. The van der Waals surface area contributed by atoms with Crippen LogP contribution in [0.5, 0.6) is 5.75 Å². The summed E-state index contributed by atoms with van der Waals surface area (Å²) in [7, 11) is 0. The topological polar surface area (TPSA) is 90.4 Å². The van der Waals surface area contributed by atoms with Gasteiger partial charge < -0.3 is 19.6 Å². The maximum absolute atomic E-state index is 13.1. The molecule has 35 heavy (non-hydrogen) atoms. The van der Waals surface area contributed by atoms with Crippen LogP contribution in [0.25, 0.3) is 0 Å². The lowest BCUT2D eigenvalue weighted by atomic mass is 9.96. The van der Waals surface area contributed by atoms with Gasteiger partial charge in [0.2, 0.25) is 11.8 Å². The van der Waals surface area contributed by atoms with Gasteiger partial charge in [-0.1, -0.05) is 19.1 Å². The van der Waals surface area contributed by atoms with Crippen LogP contribution in [0.2, 0.25) is 0 Å². The third-order valence-electron chi connectivity index (χ3n) is 7.32. The average Bonchev–Trinajstić information content (AvgIpc) is 2.85. The Morgan fingerprint density at radius 2 is 1.57 bits per heavy atom. The average molecular weight is 488 g/mol. The van der Waals surface area contributed by atoms with E-state index in [9.17, 15) is 19.5 Å². The Morgan fingerprint density at radius 3 is 2.14 bits per heavy atom. The van der Waals surface area contributed by atoms with E-state index in [-0.39, 0.29) is 36.5 Å². The minimum Gasteiger partial charge on any atom is -0.507 e. The van der Waals surface area contributed by atoms with Crippen LogP contribution in [0.3, 0.4) is 0 Å². The summed E-state index contributed by atoms with van der Waals surface area (Å²) in [6.45, 7) is 12.5. The molecule has 194 valence electrons. The first-order valence-corrected chi connectivity index (χ1v) is 12.9. The maximum atomic E-state index is 13.1. The van der Waals surface area contributed by atoms with Crippen molar-refractivity contribution in [2.45, 2.75) is 65.8 Å². The zero-order chi connectivity index (χ0) is 25.5. The predicted octanol–water partition coefficient (Wildman–Crippen LogP) is 2.67. The molecule has 1 aromatic carbocycles. The van der Waals surface area contributed by atoms with Gasteiger partial charge in [-0.3, -0.25) is 19.3 Å². The van der Waals surface area contributed by atoms with E-state index in [0.717, 1.165) is 55.7 Å². The Kier molecular flexibility index (Phi) is 9.55. The van der Waals surface area contributed by atoms with Gasteiger partial charge >= 0.3 is 5.97 Å². The third-order valence-corrected chi connectivity index (χ3v) is 7.32. The number of phenols is 1. The highest BCUT2D eigenvalue weighted by atomic mass is 16.5. The predicted molar refractivity (Wildman–Crippen MR) is 134 cm³/mol. The van der Waals surface area contributed by atoms with Gasteiger partial charge in [-0.05, 0) is 56.7 Å². The Labute approximate surface area is 209 Å². The maximum Gasteiger partial charge on any atom is 0.306 e. The lowest BCUT2D eigenvalue weighted by molar-refractivity contribution is -0.146. The van der Waals surface area contributed by atoms with Crippen molar-refractivity contribution in [3.63, 3.8) is 0 Å². The number of esters is 1. The molecule has 0 unspecified atom stereocenters. The first-order chi connectivity index (χ1) is 16.7. The van der Waals surface area contributed by atoms with E-state index < -0.39 is 0 Å². The number of hydrogen-bond acceptors (Lipinski definition) is 6. The monoisotopic (exact) mass is 487 g/mol. The molecular weight excluding hydrogens is 446 g/mol. The van der Waals surface area contributed by atoms with Gasteiger partial charge in [-0.2, -0.15) is 0 Å². The van der Waals surface area contributed by atoms with Crippen molar-refractivity contribution in [2.75, 3.05) is 45.9 Å². The van der Waals surface area contributed by atoms with Gasteiger partial charge in [-0.25, -0.2) is 0 Å². The number of nitrogens with zero attached hydrogens (tertiary/aromatic N) is 3. The van der Waals surface area contributed by atoms with Crippen LogP contribution in [0, 0.1) is 19.8 Å². The fraction of sp³-hybridized carbons (Fsp3) is 0.667. The quantitative estimate of drug-likeness (QED) is 0.567. The standard InChI is InChI=1S/C27H41N3O5/c1-5-35-25(32)7-6-24(31)29-10-8-23(9-11-29)28-12-14-30(15-13-28)27(34)21(4)18-22-16-19(2)26(33)20(3)17-22/h16-17,21,23,33H,5-15,18H2,1-4H3/t21-/m1/s1.